The van der Waals surface area contributed by atoms with Gasteiger partial charge in [-0.15, -0.1) is 0 Å². The Balaban J connectivity index is 1.65. The first-order chi connectivity index (χ1) is 14.6. The second-order valence-corrected chi connectivity index (χ2v) is 8.13. The van der Waals surface area contributed by atoms with Gasteiger partial charge >= 0.3 is 0 Å². The van der Waals surface area contributed by atoms with Crippen LogP contribution in [0.1, 0.15) is 57.3 Å². The molecule has 1 unspecified atom stereocenters. The quantitative estimate of drug-likeness (QED) is 0.686. The fourth-order valence-electron chi connectivity index (χ4n) is 4.62. The number of nitrogens with zero attached hydrogens (tertiary/aromatic N) is 4. The molecule has 0 saturated carbocycles. The molecule has 3 aromatic heterocycles. The van der Waals surface area contributed by atoms with E-state index in [0.29, 0.717) is 30.2 Å². The highest BCUT2D eigenvalue weighted by atomic mass is 16.5. The maximum Gasteiger partial charge on any atom is 0.258 e. The third kappa shape index (κ3) is 3.21. The first kappa shape index (κ1) is 19.0. The Morgan fingerprint density at radius 2 is 2.10 bits per heavy atom. The number of ether oxygens (including phenoxy) is 1. The first-order valence-corrected chi connectivity index (χ1v) is 10.6. The van der Waals surface area contributed by atoms with Gasteiger partial charge < -0.3 is 19.6 Å². The summed E-state index contributed by atoms with van der Waals surface area (Å²) < 4.78 is 7.56. The number of aromatic nitrogens is 5. The van der Waals surface area contributed by atoms with Crippen molar-refractivity contribution >= 4 is 28.6 Å². The molecule has 1 atom stereocenters. The second-order valence-electron chi connectivity index (χ2n) is 8.13. The predicted molar refractivity (Wildman–Crippen MR) is 116 cm³/mol. The summed E-state index contributed by atoms with van der Waals surface area (Å²) >= 11 is 0. The normalized spacial score (nSPS) is 18.1. The van der Waals surface area contributed by atoms with Crippen LogP contribution in [0.2, 0.25) is 0 Å². The molecule has 8 heteroatoms. The number of hydrogen-bond acceptors (Lipinski definition) is 6. The van der Waals surface area contributed by atoms with Gasteiger partial charge in [0.15, 0.2) is 11.5 Å². The number of imidazole rings is 1. The Labute approximate surface area is 173 Å². The molecule has 3 aromatic rings. The van der Waals surface area contributed by atoms with E-state index >= 15 is 0 Å². The molecule has 2 N–H and O–H groups in total. The van der Waals surface area contributed by atoms with Crippen LogP contribution in [-0.4, -0.2) is 37.7 Å². The number of H-pyrrole nitrogens is 1. The lowest BCUT2D eigenvalue weighted by Gasteiger charge is -2.30. The Bertz CT molecular complexity index is 1270. The minimum atomic E-state index is -0.128. The van der Waals surface area contributed by atoms with E-state index in [1.165, 1.54) is 11.9 Å². The van der Waals surface area contributed by atoms with Gasteiger partial charge in [0.1, 0.15) is 11.8 Å². The highest BCUT2D eigenvalue weighted by Crippen LogP contribution is 2.26. The van der Waals surface area contributed by atoms with Gasteiger partial charge in [-0.25, -0.2) is 15.0 Å². The van der Waals surface area contributed by atoms with Crippen LogP contribution in [0.3, 0.4) is 0 Å². The van der Waals surface area contributed by atoms with Gasteiger partial charge in [-0.3, -0.25) is 4.79 Å². The summed E-state index contributed by atoms with van der Waals surface area (Å²) in [6.45, 7) is 5.52. The van der Waals surface area contributed by atoms with Crippen molar-refractivity contribution in [3.05, 3.63) is 45.2 Å². The van der Waals surface area contributed by atoms with Gasteiger partial charge in [-0.1, -0.05) is 11.6 Å². The smallest absolute Gasteiger partial charge is 0.258 e. The van der Waals surface area contributed by atoms with Gasteiger partial charge in [-0.05, 0) is 50.8 Å². The zero-order valence-corrected chi connectivity index (χ0v) is 17.3. The molecule has 0 bridgehead atoms. The van der Waals surface area contributed by atoms with E-state index in [9.17, 15) is 4.79 Å². The number of pyridine rings is 1. The van der Waals surface area contributed by atoms with Crippen molar-refractivity contribution in [1.29, 1.82) is 0 Å². The summed E-state index contributed by atoms with van der Waals surface area (Å²) in [6, 6.07) is 2.19. The molecule has 1 aliphatic heterocycles. The lowest BCUT2D eigenvalue weighted by atomic mass is 9.99. The van der Waals surface area contributed by atoms with Crippen molar-refractivity contribution in [1.82, 2.24) is 24.5 Å². The molecule has 156 valence electrons. The summed E-state index contributed by atoms with van der Waals surface area (Å²) in [5.74, 6) is 0.657. The maximum atomic E-state index is 13.7. The molecular weight excluding hydrogens is 380 g/mol. The predicted octanol–water partition coefficient (Wildman–Crippen LogP) is 1.78. The highest BCUT2D eigenvalue weighted by Gasteiger charge is 2.24. The number of nitrogens with one attached hydrogen (secondary N) is 2. The fourth-order valence-corrected chi connectivity index (χ4v) is 4.62. The van der Waals surface area contributed by atoms with Gasteiger partial charge in [0.05, 0.1) is 12.4 Å². The lowest BCUT2D eigenvalue weighted by molar-refractivity contribution is 0.0676. The van der Waals surface area contributed by atoms with Crippen LogP contribution in [0.15, 0.2) is 23.5 Å². The van der Waals surface area contributed by atoms with Crippen molar-refractivity contribution in [2.75, 3.05) is 18.5 Å². The Morgan fingerprint density at radius 3 is 2.93 bits per heavy atom. The van der Waals surface area contributed by atoms with E-state index in [4.69, 9.17) is 4.74 Å². The molecule has 4 heterocycles. The number of rotatable bonds is 4. The molecule has 1 fully saturated rings. The monoisotopic (exact) mass is 406 g/mol. The Morgan fingerprint density at radius 1 is 1.27 bits per heavy atom. The summed E-state index contributed by atoms with van der Waals surface area (Å²) in [5.41, 5.74) is 3.64. The van der Waals surface area contributed by atoms with E-state index in [-0.39, 0.29) is 17.6 Å². The second kappa shape index (κ2) is 7.68. The van der Waals surface area contributed by atoms with Crippen LogP contribution < -0.4 is 21.3 Å². The zero-order valence-electron chi connectivity index (χ0n) is 17.3. The van der Waals surface area contributed by atoms with Crippen molar-refractivity contribution in [2.45, 2.75) is 51.6 Å². The van der Waals surface area contributed by atoms with Gasteiger partial charge in [-0.2, -0.15) is 0 Å². The van der Waals surface area contributed by atoms with Crippen molar-refractivity contribution in [2.24, 2.45) is 0 Å². The molecule has 30 heavy (non-hydrogen) atoms. The Kier molecular flexibility index (Phi) is 4.86. The molecule has 8 nitrogen and oxygen atoms in total. The molecular formula is C22H26N6O2. The summed E-state index contributed by atoms with van der Waals surface area (Å²) in [5, 5.41) is 5.39. The third-order valence-electron chi connectivity index (χ3n) is 6.18. The average molecular weight is 406 g/mol. The molecule has 1 aliphatic carbocycles. The molecule has 5 rings (SSSR count). The van der Waals surface area contributed by atoms with E-state index in [1.54, 1.807) is 6.33 Å². The minimum Gasteiger partial charge on any atom is -0.381 e. The number of hydrogen-bond donors (Lipinski definition) is 2. The van der Waals surface area contributed by atoms with Crippen molar-refractivity contribution in [3.63, 3.8) is 0 Å². The van der Waals surface area contributed by atoms with Crippen LogP contribution in [0.4, 0.5) is 5.82 Å². The molecule has 0 radical (unpaired) electrons. The van der Waals surface area contributed by atoms with Crippen LogP contribution in [0.25, 0.3) is 22.8 Å². The highest BCUT2D eigenvalue weighted by molar-refractivity contribution is 5.82. The van der Waals surface area contributed by atoms with E-state index in [0.717, 1.165) is 41.8 Å². The largest absolute Gasteiger partial charge is 0.381 e. The van der Waals surface area contributed by atoms with Gasteiger partial charge in [0.2, 0.25) is 0 Å². The van der Waals surface area contributed by atoms with Crippen LogP contribution >= 0.6 is 0 Å². The fraction of sp³-hybridized carbons (Fsp3) is 0.455. The summed E-state index contributed by atoms with van der Waals surface area (Å²) in [4.78, 5) is 29.6. The topological polar surface area (TPSA) is 97.7 Å². The van der Waals surface area contributed by atoms with Crippen LogP contribution in [-0.2, 0) is 4.74 Å². The molecule has 0 aromatic carbocycles. The number of anilines is 1. The zero-order chi connectivity index (χ0) is 20.7. The molecule has 1 saturated heterocycles. The molecule has 0 amide bonds. The first-order valence-electron chi connectivity index (χ1n) is 10.6. The molecule has 2 aliphatic rings. The lowest BCUT2D eigenvalue weighted by Crippen LogP contribution is -2.50. The third-order valence-corrected chi connectivity index (χ3v) is 6.18. The molecule has 0 spiro atoms. The number of fused-ring (bicyclic) bond motifs is 2. The van der Waals surface area contributed by atoms with Gasteiger partial charge in [0, 0.05) is 30.2 Å². The van der Waals surface area contributed by atoms with Crippen LogP contribution in [0.5, 0.6) is 0 Å². The van der Waals surface area contributed by atoms with Gasteiger partial charge in [0.25, 0.3) is 5.56 Å². The van der Waals surface area contributed by atoms with Crippen molar-refractivity contribution in [3.8, 4) is 0 Å². The summed E-state index contributed by atoms with van der Waals surface area (Å²) in [6.07, 6.45) is 8.92. The maximum absolute atomic E-state index is 13.7. The van der Waals surface area contributed by atoms with E-state index in [2.05, 4.69) is 51.2 Å². The average Bonchev–Trinajstić information content (AvgIpc) is 3.24. The van der Waals surface area contributed by atoms with E-state index < -0.39 is 0 Å². The van der Waals surface area contributed by atoms with Crippen LogP contribution in [0, 0.1) is 0 Å². The minimum absolute atomic E-state index is 0.115. The standard InChI is InChI=1S/C22H26N6O2/c1-13-4-3-5-15-10-17(28(22(29)18(13)15)16-6-8-30-9-7-16)14(2)27-21-19-20(24-11-23-19)25-12-26-21/h5,10-12,14,16H,3-4,6-9H2,1-2H3,(H2,23,24,25,26,27). The summed E-state index contributed by atoms with van der Waals surface area (Å²) in [7, 11) is 0. The van der Waals surface area contributed by atoms with E-state index in [1.807, 2.05) is 4.57 Å². The van der Waals surface area contributed by atoms with Crippen molar-refractivity contribution < 1.29 is 4.74 Å². The SMILES string of the molecule is CC1=c2c(cc(C(C)Nc3ncnc4[nH]cnc34)n(C3CCOCC3)c2=O)=CCC1. The Hall–Kier alpha value is -3.00. The number of aromatic amines is 1.